The highest BCUT2D eigenvalue weighted by Gasteiger charge is 2.40. The van der Waals surface area contributed by atoms with Gasteiger partial charge in [-0.3, -0.25) is 4.79 Å². The van der Waals surface area contributed by atoms with Crippen LogP contribution in [0.5, 0.6) is 0 Å². The zero-order valence-corrected chi connectivity index (χ0v) is 12.8. The molecule has 6 heteroatoms. The molecule has 0 saturated carbocycles. The van der Waals surface area contributed by atoms with Crippen molar-refractivity contribution in [3.05, 3.63) is 0 Å². The SMILES string of the molecule is COC(=O)C1CN(C(=O)OC(C)(C)C)CC1CBr. The Balaban J connectivity index is 2.66. The van der Waals surface area contributed by atoms with Gasteiger partial charge in [-0.15, -0.1) is 0 Å². The topological polar surface area (TPSA) is 55.8 Å². The maximum atomic E-state index is 11.9. The number of alkyl halides is 1. The first kappa shape index (κ1) is 15.3. The van der Waals surface area contributed by atoms with Gasteiger partial charge in [-0.25, -0.2) is 4.79 Å². The van der Waals surface area contributed by atoms with Crippen LogP contribution in [0.25, 0.3) is 0 Å². The number of amides is 1. The van der Waals surface area contributed by atoms with Crippen LogP contribution in [0.2, 0.25) is 0 Å². The molecule has 0 aromatic rings. The molecule has 1 saturated heterocycles. The van der Waals surface area contributed by atoms with Gasteiger partial charge in [-0.05, 0) is 20.8 Å². The Hall–Kier alpha value is -0.780. The standard InChI is InChI=1S/C12H20BrNO4/c1-12(2,3)18-11(16)14-6-8(5-13)9(7-14)10(15)17-4/h8-9H,5-7H2,1-4H3. The van der Waals surface area contributed by atoms with Crippen molar-refractivity contribution in [3.63, 3.8) is 0 Å². The van der Waals surface area contributed by atoms with E-state index in [1.54, 1.807) is 4.90 Å². The summed E-state index contributed by atoms with van der Waals surface area (Å²) in [5.41, 5.74) is -0.523. The predicted molar refractivity (Wildman–Crippen MR) is 70.6 cm³/mol. The van der Waals surface area contributed by atoms with E-state index in [-0.39, 0.29) is 23.9 Å². The molecule has 18 heavy (non-hydrogen) atoms. The molecule has 2 atom stereocenters. The first-order valence-electron chi connectivity index (χ1n) is 5.90. The Labute approximate surface area is 116 Å². The van der Waals surface area contributed by atoms with E-state index in [0.29, 0.717) is 18.4 Å². The molecule has 1 amide bonds. The number of halogens is 1. The van der Waals surface area contributed by atoms with Gasteiger partial charge in [-0.2, -0.15) is 0 Å². The van der Waals surface area contributed by atoms with Crippen molar-refractivity contribution in [2.24, 2.45) is 11.8 Å². The molecule has 0 N–H and O–H groups in total. The highest BCUT2D eigenvalue weighted by Crippen LogP contribution is 2.27. The molecule has 0 aliphatic carbocycles. The predicted octanol–water partition coefficient (Wildman–Crippen LogP) is 2.04. The molecule has 1 rings (SSSR count). The Morgan fingerprint density at radius 1 is 1.33 bits per heavy atom. The van der Waals surface area contributed by atoms with Crippen molar-refractivity contribution >= 4 is 28.0 Å². The minimum absolute atomic E-state index is 0.0740. The number of likely N-dealkylation sites (tertiary alicyclic amines) is 1. The lowest BCUT2D eigenvalue weighted by Crippen LogP contribution is -2.36. The van der Waals surface area contributed by atoms with E-state index in [2.05, 4.69) is 15.9 Å². The van der Waals surface area contributed by atoms with Crippen molar-refractivity contribution in [1.29, 1.82) is 0 Å². The van der Waals surface area contributed by atoms with Crippen molar-refractivity contribution in [2.75, 3.05) is 25.5 Å². The third-order valence-electron chi connectivity index (χ3n) is 2.79. The normalized spacial score (nSPS) is 23.9. The minimum Gasteiger partial charge on any atom is -0.469 e. The van der Waals surface area contributed by atoms with Crippen LogP contribution < -0.4 is 0 Å². The summed E-state index contributed by atoms with van der Waals surface area (Å²) < 4.78 is 10.1. The van der Waals surface area contributed by atoms with Gasteiger partial charge in [0.05, 0.1) is 13.0 Å². The summed E-state index contributed by atoms with van der Waals surface area (Å²) >= 11 is 3.37. The molecule has 1 heterocycles. The molecular weight excluding hydrogens is 302 g/mol. The quantitative estimate of drug-likeness (QED) is 0.577. The maximum Gasteiger partial charge on any atom is 0.410 e. The van der Waals surface area contributed by atoms with E-state index >= 15 is 0 Å². The number of carbonyl (C=O) groups is 2. The van der Waals surface area contributed by atoms with Crippen molar-refractivity contribution in [2.45, 2.75) is 26.4 Å². The molecule has 2 unspecified atom stereocenters. The molecule has 0 aromatic carbocycles. The lowest BCUT2D eigenvalue weighted by Gasteiger charge is -2.24. The molecule has 1 fully saturated rings. The van der Waals surface area contributed by atoms with Gasteiger partial charge in [0, 0.05) is 24.3 Å². The second kappa shape index (κ2) is 5.91. The first-order chi connectivity index (χ1) is 8.28. The number of methoxy groups -OCH3 is 1. The van der Waals surface area contributed by atoms with Crippen LogP contribution >= 0.6 is 15.9 Å². The van der Waals surface area contributed by atoms with Gasteiger partial charge in [0.1, 0.15) is 5.60 Å². The van der Waals surface area contributed by atoms with Crippen LogP contribution in [0, 0.1) is 11.8 Å². The Kier molecular flexibility index (Phi) is 5.01. The number of hydrogen-bond acceptors (Lipinski definition) is 4. The van der Waals surface area contributed by atoms with Crippen LogP contribution in [0.1, 0.15) is 20.8 Å². The van der Waals surface area contributed by atoms with E-state index in [4.69, 9.17) is 9.47 Å². The number of rotatable bonds is 2. The van der Waals surface area contributed by atoms with Crippen molar-refractivity contribution < 1.29 is 19.1 Å². The number of hydrogen-bond donors (Lipinski definition) is 0. The summed E-state index contributed by atoms with van der Waals surface area (Å²) in [4.78, 5) is 25.1. The van der Waals surface area contributed by atoms with Gasteiger partial charge in [0.2, 0.25) is 0 Å². The van der Waals surface area contributed by atoms with Gasteiger partial charge >= 0.3 is 12.1 Å². The van der Waals surface area contributed by atoms with Gasteiger partial charge < -0.3 is 14.4 Å². The first-order valence-corrected chi connectivity index (χ1v) is 7.02. The second-order valence-electron chi connectivity index (χ2n) is 5.43. The van der Waals surface area contributed by atoms with Crippen molar-refractivity contribution in [3.8, 4) is 0 Å². The minimum atomic E-state index is -0.523. The maximum absolute atomic E-state index is 11.9. The second-order valence-corrected chi connectivity index (χ2v) is 6.08. The highest BCUT2D eigenvalue weighted by molar-refractivity contribution is 9.09. The van der Waals surface area contributed by atoms with Crippen LogP contribution in [-0.2, 0) is 14.3 Å². The molecule has 5 nitrogen and oxygen atoms in total. The van der Waals surface area contributed by atoms with Crippen molar-refractivity contribution in [1.82, 2.24) is 4.90 Å². The summed E-state index contributed by atoms with van der Waals surface area (Å²) in [7, 11) is 1.36. The van der Waals surface area contributed by atoms with E-state index in [1.165, 1.54) is 7.11 Å². The number of esters is 1. The van der Waals surface area contributed by atoms with Gasteiger partial charge in [0.15, 0.2) is 0 Å². The fourth-order valence-electron chi connectivity index (χ4n) is 1.92. The van der Waals surface area contributed by atoms with Gasteiger partial charge in [-0.1, -0.05) is 15.9 Å². The third-order valence-corrected chi connectivity index (χ3v) is 3.63. The lowest BCUT2D eigenvalue weighted by molar-refractivity contribution is -0.145. The largest absolute Gasteiger partial charge is 0.469 e. The van der Waals surface area contributed by atoms with Gasteiger partial charge in [0.25, 0.3) is 0 Å². The third kappa shape index (κ3) is 3.86. The Bertz CT molecular complexity index is 327. The summed E-state index contributed by atoms with van der Waals surface area (Å²) in [6.45, 7) is 6.33. The average Bonchev–Trinajstić information content (AvgIpc) is 2.69. The monoisotopic (exact) mass is 321 g/mol. The lowest BCUT2D eigenvalue weighted by atomic mass is 9.99. The summed E-state index contributed by atoms with van der Waals surface area (Å²) in [6, 6.07) is 0. The van der Waals surface area contributed by atoms with E-state index in [0.717, 1.165) is 0 Å². The zero-order chi connectivity index (χ0) is 13.9. The fraction of sp³-hybridized carbons (Fsp3) is 0.833. The molecule has 0 aromatic heterocycles. The molecule has 1 aliphatic rings. The molecule has 104 valence electrons. The van der Waals surface area contributed by atoms with E-state index in [9.17, 15) is 9.59 Å². The van der Waals surface area contributed by atoms with Crippen LogP contribution in [0.4, 0.5) is 4.79 Å². The molecule has 1 aliphatic heterocycles. The highest BCUT2D eigenvalue weighted by atomic mass is 79.9. The summed E-state index contributed by atoms with van der Waals surface area (Å²) in [5.74, 6) is -0.475. The van der Waals surface area contributed by atoms with E-state index < -0.39 is 5.60 Å². The molecular formula is C12H20BrNO4. The smallest absolute Gasteiger partial charge is 0.410 e. The number of nitrogens with zero attached hydrogens (tertiary/aromatic N) is 1. The number of ether oxygens (including phenoxy) is 2. The van der Waals surface area contributed by atoms with Crippen LogP contribution in [-0.4, -0.2) is 48.1 Å². The Morgan fingerprint density at radius 3 is 2.39 bits per heavy atom. The summed E-state index contributed by atoms with van der Waals surface area (Å²) in [6.07, 6.45) is -0.375. The van der Waals surface area contributed by atoms with Crippen LogP contribution in [0.15, 0.2) is 0 Å². The summed E-state index contributed by atoms with van der Waals surface area (Å²) in [5, 5.41) is 0.659. The molecule has 0 spiro atoms. The van der Waals surface area contributed by atoms with E-state index in [1.807, 2.05) is 20.8 Å². The molecule has 0 bridgehead atoms. The number of carbonyl (C=O) groups excluding carboxylic acids is 2. The van der Waals surface area contributed by atoms with Crippen LogP contribution in [0.3, 0.4) is 0 Å². The molecule has 0 radical (unpaired) electrons. The Morgan fingerprint density at radius 2 is 1.94 bits per heavy atom. The fourth-order valence-corrected chi connectivity index (χ4v) is 2.58. The zero-order valence-electron chi connectivity index (χ0n) is 11.2. The average molecular weight is 322 g/mol.